The van der Waals surface area contributed by atoms with Gasteiger partial charge in [0.25, 0.3) is 0 Å². The SMILES string of the molecule is Cl.Cl.c1ccc(CNC2C3CCN(CC3)C2C(c2ccccc2)c2ccccc2Cc2ccccc2)cc1. The molecule has 2 nitrogen and oxygen atoms in total. The van der Waals surface area contributed by atoms with E-state index in [1.165, 1.54) is 53.7 Å². The second kappa shape index (κ2) is 13.4. The highest BCUT2D eigenvalue weighted by atomic mass is 35.5. The van der Waals surface area contributed by atoms with Crippen LogP contribution in [0.2, 0.25) is 0 Å². The zero-order valence-corrected chi connectivity index (χ0v) is 23.4. The minimum atomic E-state index is 0. The van der Waals surface area contributed by atoms with Crippen LogP contribution in [-0.4, -0.2) is 30.1 Å². The molecule has 3 saturated heterocycles. The van der Waals surface area contributed by atoms with Crippen LogP contribution in [0.1, 0.15) is 46.6 Å². The van der Waals surface area contributed by atoms with Gasteiger partial charge in [-0.3, -0.25) is 4.90 Å². The van der Waals surface area contributed by atoms with Gasteiger partial charge in [0.15, 0.2) is 0 Å². The van der Waals surface area contributed by atoms with Crippen LogP contribution in [0.5, 0.6) is 0 Å². The summed E-state index contributed by atoms with van der Waals surface area (Å²) in [6.07, 6.45) is 3.57. The molecule has 3 aliphatic heterocycles. The van der Waals surface area contributed by atoms with Gasteiger partial charge >= 0.3 is 0 Å². The van der Waals surface area contributed by atoms with Crippen molar-refractivity contribution in [2.75, 3.05) is 13.1 Å². The molecule has 0 radical (unpaired) electrons. The maximum absolute atomic E-state index is 4.07. The minimum Gasteiger partial charge on any atom is -0.308 e. The fourth-order valence-corrected chi connectivity index (χ4v) is 6.66. The van der Waals surface area contributed by atoms with E-state index in [9.17, 15) is 0 Å². The molecule has 3 aliphatic rings. The summed E-state index contributed by atoms with van der Waals surface area (Å²) in [5.74, 6) is 1.07. The summed E-state index contributed by atoms with van der Waals surface area (Å²) in [6.45, 7) is 3.35. The number of nitrogens with one attached hydrogen (secondary N) is 1. The molecule has 3 fully saturated rings. The first-order chi connectivity index (χ1) is 17.9. The maximum Gasteiger partial charge on any atom is 0.0361 e. The van der Waals surface area contributed by atoms with Crippen LogP contribution in [0.25, 0.3) is 0 Å². The molecule has 2 bridgehead atoms. The molecule has 1 N–H and O–H groups in total. The van der Waals surface area contributed by atoms with E-state index in [0.717, 1.165) is 18.9 Å². The highest BCUT2D eigenvalue weighted by molar-refractivity contribution is 5.85. The van der Waals surface area contributed by atoms with E-state index in [1.54, 1.807) is 0 Å². The zero-order chi connectivity index (χ0) is 24.2. The lowest BCUT2D eigenvalue weighted by molar-refractivity contribution is 0.00458. The summed E-state index contributed by atoms with van der Waals surface area (Å²) in [5.41, 5.74) is 7.11. The molecule has 3 unspecified atom stereocenters. The van der Waals surface area contributed by atoms with E-state index >= 15 is 0 Å². The molecule has 0 saturated carbocycles. The lowest BCUT2D eigenvalue weighted by Gasteiger charge is -2.54. The van der Waals surface area contributed by atoms with Crippen LogP contribution in [-0.2, 0) is 13.0 Å². The van der Waals surface area contributed by atoms with E-state index in [2.05, 4.69) is 125 Å². The average Bonchev–Trinajstić information content (AvgIpc) is 2.96. The third-order valence-corrected chi connectivity index (χ3v) is 8.38. The predicted octanol–water partition coefficient (Wildman–Crippen LogP) is 7.51. The van der Waals surface area contributed by atoms with E-state index in [4.69, 9.17) is 0 Å². The lowest BCUT2D eigenvalue weighted by atomic mass is 9.69. The Bertz CT molecular complexity index is 1240. The van der Waals surface area contributed by atoms with Crippen LogP contribution in [0.3, 0.4) is 0 Å². The molecule has 3 atom stereocenters. The lowest BCUT2D eigenvalue weighted by Crippen LogP contribution is -2.64. The fraction of sp³-hybridized carbons (Fsp3) is 0.294. The molecule has 198 valence electrons. The Balaban J connectivity index is 0.00000168. The predicted molar refractivity (Wildman–Crippen MR) is 164 cm³/mol. The highest BCUT2D eigenvalue weighted by Crippen LogP contribution is 2.43. The van der Waals surface area contributed by atoms with Crippen molar-refractivity contribution in [1.82, 2.24) is 10.2 Å². The molecule has 7 rings (SSSR count). The molecular weight excluding hydrogens is 507 g/mol. The number of rotatable bonds is 8. The Kier molecular flexibility index (Phi) is 10.0. The van der Waals surface area contributed by atoms with Gasteiger partial charge in [-0.2, -0.15) is 0 Å². The Morgan fingerprint density at radius 1 is 0.658 bits per heavy atom. The first-order valence-electron chi connectivity index (χ1n) is 13.5. The molecular formula is C34H38Cl2N2. The Hall–Kier alpha value is -2.62. The Morgan fingerprint density at radius 2 is 1.21 bits per heavy atom. The smallest absolute Gasteiger partial charge is 0.0361 e. The van der Waals surface area contributed by atoms with Gasteiger partial charge in [-0.25, -0.2) is 0 Å². The van der Waals surface area contributed by atoms with Crippen LogP contribution in [0.4, 0.5) is 0 Å². The van der Waals surface area contributed by atoms with Gasteiger partial charge < -0.3 is 5.32 Å². The minimum absolute atomic E-state index is 0. The van der Waals surface area contributed by atoms with Crippen LogP contribution in [0, 0.1) is 5.92 Å². The van der Waals surface area contributed by atoms with Gasteiger partial charge in [0.05, 0.1) is 0 Å². The van der Waals surface area contributed by atoms with E-state index in [-0.39, 0.29) is 24.8 Å². The molecule has 0 spiro atoms. The summed E-state index contributed by atoms with van der Waals surface area (Å²) >= 11 is 0. The van der Waals surface area contributed by atoms with Crippen molar-refractivity contribution < 1.29 is 0 Å². The Labute approximate surface area is 240 Å². The quantitative estimate of drug-likeness (QED) is 0.247. The molecule has 3 heterocycles. The van der Waals surface area contributed by atoms with E-state index < -0.39 is 0 Å². The maximum atomic E-state index is 4.07. The standard InChI is InChI=1S/C34H36N2.2ClH/c1-4-12-26(13-5-1)24-30-18-10-11-19-31(30)32(28-16-8-3-9-17-28)34-33(29-20-22-36(34)23-21-29)35-25-27-14-6-2-7-15-27;;/h1-19,29,32-35H,20-25H2;2*1H. The number of benzene rings is 4. The number of piperidine rings is 3. The second-order valence-corrected chi connectivity index (χ2v) is 10.5. The Morgan fingerprint density at radius 3 is 1.87 bits per heavy atom. The van der Waals surface area contributed by atoms with Gasteiger partial charge in [-0.1, -0.05) is 115 Å². The second-order valence-electron chi connectivity index (χ2n) is 10.5. The summed E-state index contributed by atoms with van der Waals surface area (Å²) in [5, 5.41) is 4.07. The zero-order valence-electron chi connectivity index (χ0n) is 21.8. The number of nitrogens with zero attached hydrogens (tertiary/aromatic N) is 1. The average molecular weight is 546 g/mol. The number of hydrogen-bond acceptors (Lipinski definition) is 2. The van der Waals surface area contributed by atoms with Crippen LogP contribution >= 0.6 is 24.8 Å². The monoisotopic (exact) mass is 544 g/mol. The van der Waals surface area contributed by atoms with Crippen molar-refractivity contribution >= 4 is 24.8 Å². The molecule has 38 heavy (non-hydrogen) atoms. The molecule has 0 amide bonds. The van der Waals surface area contributed by atoms with Gasteiger partial charge in [0, 0.05) is 24.5 Å². The van der Waals surface area contributed by atoms with Crippen molar-refractivity contribution in [3.63, 3.8) is 0 Å². The number of fused-ring (bicyclic) bond motifs is 3. The van der Waals surface area contributed by atoms with Gasteiger partial charge in [-0.15, -0.1) is 24.8 Å². The molecule has 0 aromatic heterocycles. The van der Waals surface area contributed by atoms with Crippen molar-refractivity contribution in [2.24, 2.45) is 5.92 Å². The molecule has 4 aromatic carbocycles. The number of halogens is 2. The van der Waals surface area contributed by atoms with Crippen LogP contribution in [0.15, 0.2) is 115 Å². The van der Waals surface area contributed by atoms with Gasteiger partial charge in [-0.05, 0) is 66.1 Å². The fourth-order valence-electron chi connectivity index (χ4n) is 6.66. The molecule has 4 aromatic rings. The van der Waals surface area contributed by atoms with Crippen molar-refractivity contribution in [3.05, 3.63) is 143 Å². The normalized spacial score (nSPS) is 22.6. The van der Waals surface area contributed by atoms with Crippen molar-refractivity contribution in [1.29, 1.82) is 0 Å². The summed E-state index contributed by atoms with van der Waals surface area (Å²) in [4.78, 5) is 2.79. The van der Waals surface area contributed by atoms with Crippen molar-refractivity contribution in [3.8, 4) is 0 Å². The first kappa shape index (κ1) is 28.4. The first-order valence-corrected chi connectivity index (χ1v) is 13.5. The van der Waals surface area contributed by atoms with E-state index in [0.29, 0.717) is 18.0 Å². The third-order valence-electron chi connectivity index (χ3n) is 8.38. The van der Waals surface area contributed by atoms with Crippen molar-refractivity contribution in [2.45, 2.75) is 43.8 Å². The molecule has 4 heteroatoms. The third kappa shape index (κ3) is 6.16. The number of hydrogen-bond donors (Lipinski definition) is 1. The summed E-state index contributed by atoms with van der Waals surface area (Å²) in [6, 6.07) is 43.2. The van der Waals surface area contributed by atoms with Gasteiger partial charge in [0.2, 0.25) is 0 Å². The highest BCUT2D eigenvalue weighted by Gasteiger charge is 2.46. The molecule has 0 aliphatic carbocycles. The topological polar surface area (TPSA) is 15.3 Å². The summed E-state index contributed by atoms with van der Waals surface area (Å²) < 4.78 is 0. The van der Waals surface area contributed by atoms with Crippen LogP contribution < -0.4 is 5.32 Å². The largest absolute Gasteiger partial charge is 0.308 e. The van der Waals surface area contributed by atoms with Gasteiger partial charge in [0.1, 0.15) is 0 Å². The summed E-state index contributed by atoms with van der Waals surface area (Å²) in [7, 11) is 0. The van der Waals surface area contributed by atoms with E-state index in [1.807, 2.05) is 0 Å².